The van der Waals surface area contributed by atoms with Crippen LogP contribution in [0.5, 0.6) is 0 Å². The zero-order valence-corrected chi connectivity index (χ0v) is 5.06. The summed E-state index contributed by atoms with van der Waals surface area (Å²) in [6.07, 6.45) is 3.56. The van der Waals surface area contributed by atoms with Crippen LogP contribution in [0.25, 0.3) is 0 Å². The van der Waals surface area contributed by atoms with Crippen molar-refractivity contribution in [1.82, 2.24) is 0 Å². The Kier molecular flexibility index (Phi) is 4.56. The molecular formula is C4H8OSi. The van der Waals surface area contributed by atoms with Crippen molar-refractivity contribution >= 4 is 9.76 Å². The van der Waals surface area contributed by atoms with Crippen molar-refractivity contribution < 1.29 is 4.43 Å². The third kappa shape index (κ3) is 3.76. The van der Waals surface area contributed by atoms with Crippen LogP contribution in [0.4, 0.5) is 0 Å². The zero-order chi connectivity index (χ0) is 4.83. The van der Waals surface area contributed by atoms with Gasteiger partial charge in [-0.1, -0.05) is 6.08 Å². The van der Waals surface area contributed by atoms with E-state index in [2.05, 4.69) is 0 Å². The van der Waals surface area contributed by atoms with Crippen molar-refractivity contribution in [1.29, 1.82) is 0 Å². The molecule has 0 aliphatic carbocycles. The molecule has 2 heteroatoms. The van der Waals surface area contributed by atoms with Gasteiger partial charge < -0.3 is 4.43 Å². The van der Waals surface area contributed by atoms with Crippen LogP contribution in [0.15, 0.2) is 12.3 Å². The monoisotopic (exact) mass is 100 g/mol. The molecule has 0 aromatic heterocycles. The maximum absolute atomic E-state index is 4.83. The van der Waals surface area contributed by atoms with E-state index < -0.39 is 0 Å². The fourth-order valence-corrected chi connectivity index (χ4v) is 0.408. The van der Waals surface area contributed by atoms with Crippen molar-refractivity contribution in [2.45, 2.75) is 13.5 Å². The molecule has 0 bridgehead atoms. The summed E-state index contributed by atoms with van der Waals surface area (Å²) in [7, 11) is 0.578. The van der Waals surface area contributed by atoms with Crippen LogP contribution >= 0.6 is 0 Å². The van der Waals surface area contributed by atoms with Gasteiger partial charge in [0.2, 0.25) is 0 Å². The second-order valence-electron chi connectivity index (χ2n) is 0.791. The van der Waals surface area contributed by atoms with Gasteiger partial charge in [-0.15, -0.1) is 0 Å². The molecule has 34 valence electrons. The Hall–Kier alpha value is -0.243. The van der Waals surface area contributed by atoms with Gasteiger partial charge in [0.25, 0.3) is 0 Å². The van der Waals surface area contributed by atoms with E-state index in [9.17, 15) is 0 Å². The molecule has 0 N–H and O–H groups in total. The van der Waals surface area contributed by atoms with Crippen LogP contribution in [0.2, 0.25) is 6.55 Å². The maximum Gasteiger partial charge on any atom is 0.306 e. The van der Waals surface area contributed by atoms with Gasteiger partial charge in [0.1, 0.15) is 0 Å². The number of hydrogen-bond donors (Lipinski definition) is 0. The van der Waals surface area contributed by atoms with Crippen LogP contribution in [0, 0.1) is 0 Å². The lowest BCUT2D eigenvalue weighted by molar-refractivity contribution is 0.518. The van der Waals surface area contributed by atoms with Crippen molar-refractivity contribution in [3.63, 3.8) is 0 Å². The molecule has 0 fully saturated rings. The molecule has 0 aliphatic rings. The Labute approximate surface area is 41.0 Å². The summed E-state index contributed by atoms with van der Waals surface area (Å²) in [5.74, 6) is 0. The van der Waals surface area contributed by atoms with Gasteiger partial charge in [0, 0.05) is 0 Å². The summed E-state index contributed by atoms with van der Waals surface area (Å²) < 4.78 is 4.83. The zero-order valence-electron chi connectivity index (χ0n) is 4.06. The highest BCUT2D eigenvalue weighted by atomic mass is 28.2. The fourth-order valence-electron chi connectivity index (χ4n) is 0.136. The predicted molar refractivity (Wildman–Crippen MR) is 27.5 cm³/mol. The molecule has 0 atom stereocenters. The first kappa shape index (κ1) is 5.76. The first-order valence-corrected chi connectivity index (χ1v) is 3.26. The van der Waals surface area contributed by atoms with Crippen LogP contribution in [-0.4, -0.2) is 9.76 Å². The van der Waals surface area contributed by atoms with E-state index in [1.807, 2.05) is 19.5 Å². The number of hydrogen-bond acceptors (Lipinski definition) is 1. The Morgan fingerprint density at radius 2 is 2.33 bits per heavy atom. The van der Waals surface area contributed by atoms with Gasteiger partial charge in [-0.2, -0.15) is 0 Å². The topological polar surface area (TPSA) is 9.23 Å². The molecule has 0 saturated carbocycles. The van der Waals surface area contributed by atoms with E-state index in [1.165, 1.54) is 0 Å². The Balaban J connectivity index is 2.66. The van der Waals surface area contributed by atoms with Crippen molar-refractivity contribution in [3.8, 4) is 0 Å². The molecule has 0 aromatic rings. The first-order chi connectivity index (χ1) is 2.91. The lowest BCUT2D eigenvalue weighted by Gasteiger charge is -1.84. The highest BCUT2D eigenvalue weighted by molar-refractivity contribution is 6.25. The molecule has 6 heavy (non-hydrogen) atoms. The lowest BCUT2D eigenvalue weighted by Crippen LogP contribution is -1.79. The SMILES string of the molecule is C/C=C/O[Si]C. The maximum atomic E-state index is 4.83. The average Bonchev–Trinajstić information content (AvgIpc) is 1.61. The Bertz CT molecular complexity index is 42.8. The standard InChI is InChI=1S/C4H8OSi/c1-3-4-5-6-2/h3-4H,1-2H3/b4-3+. The minimum absolute atomic E-state index is 0.578. The van der Waals surface area contributed by atoms with Gasteiger partial charge in [-0.3, -0.25) is 0 Å². The Morgan fingerprint density at radius 3 is 2.50 bits per heavy atom. The Morgan fingerprint density at radius 1 is 1.67 bits per heavy atom. The summed E-state index contributed by atoms with van der Waals surface area (Å²) in [5, 5.41) is 0. The summed E-state index contributed by atoms with van der Waals surface area (Å²) >= 11 is 0. The van der Waals surface area contributed by atoms with Crippen molar-refractivity contribution in [3.05, 3.63) is 12.3 Å². The molecule has 0 amide bonds. The summed E-state index contributed by atoms with van der Waals surface area (Å²) in [5.41, 5.74) is 0. The smallest absolute Gasteiger partial charge is 0.306 e. The van der Waals surface area contributed by atoms with Gasteiger partial charge in [-0.25, -0.2) is 0 Å². The largest absolute Gasteiger partial charge is 0.547 e. The van der Waals surface area contributed by atoms with E-state index in [-0.39, 0.29) is 0 Å². The van der Waals surface area contributed by atoms with E-state index in [4.69, 9.17) is 4.43 Å². The highest BCUT2D eigenvalue weighted by Gasteiger charge is 1.66. The average molecular weight is 100 g/mol. The number of allylic oxidation sites excluding steroid dienone is 1. The minimum Gasteiger partial charge on any atom is -0.547 e. The predicted octanol–water partition coefficient (Wildman–Crippen LogP) is 1.20. The lowest BCUT2D eigenvalue weighted by atomic mass is 10.8. The van der Waals surface area contributed by atoms with Crippen molar-refractivity contribution in [2.75, 3.05) is 0 Å². The molecule has 0 aromatic carbocycles. The molecule has 0 saturated heterocycles. The summed E-state index contributed by atoms with van der Waals surface area (Å²) in [6.45, 7) is 3.92. The molecule has 0 aliphatic heterocycles. The van der Waals surface area contributed by atoms with E-state index >= 15 is 0 Å². The van der Waals surface area contributed by atoms with Gasteiger partial charge >= 0.3 is 9.76 Å². The van der Waals surface area contributed by atoms with Gasteiger partial charge in [0.15, 0.2) is 0 Å². The third-order valence-corrected chi connectivity index (χ3v) is 0.694. The van der Waals surface area contributed by atoms with Crippen LogP contribution < -0.4 is 0 Å². The third-order valence-electron chi connectivity index (χ3n) is 0.322. The van der Waals surface area contributed by atoms with Crippen LogP contribution in [0.3, 0.4) is 0 Å². The second-order valence-corrected chi connectivity index (χ2v) is 1.44. The van der Waals surface area contributed by atoms with E-state index in [0.29, 0.717) is 9.76 Å². The summed E-state index contributed by atoms with van der Waals surface area (Å²) in [6, 6.07) is 0. The second kappa shape index (κ2) is 4.76. The number of rotatable bonds is 2. The normalized spacial score (nSPS) is 9.67. The van der Waals surface area contributed by atoms with Gasteiger partial charge in [-0.05, 0) is 13.5 Å². The molecule has 0 rings (SSSR count). The van der Waals surface area contributed by atoms with E-state index in [0.717, 1.165) is 0 Å². The minimum atomic E-state index is 0.578. The quantitative estimate of drug-likeness (QED) is 0.374. The van der Waals surface area contributed by atoms with Crippen LogP contribution in [-0.2, 0) is 4.43 Å². The molecule has 0 heterocycles. The molecule has 1 nitrogen and oxygen atoms in total. The van der Waals surface area contributed by atoms with Crippen LogP contribution in [0.1, 0.15) is 6.92 Å². The highest BCUT2D eigenvalue weighted by Crippen LogP contribution is 1.69. The van der Waals surface area contributed by atoms with Gasteiger partial charge in [0.05, 0.1) is 6.26 Å². The molecule has 0 unspecified atom stereocenters. The fraction of sp³-hybridized carbons (Fsp3) is 0.500. The molecular weight excluding hydrogens is 92.1 g/mol. The van der Waals surface area contributed by atoms with E-state index in [1.54, 1.807) is 6.26 Å². The summed E-state index contributed by atoms with van der Waals surface area (Å²) in [4.78, 5) is 0. The molecule has 2 radical (unpaired) electrons. The van der Waals surface area contributed by atoms with Crippen molar-refractivity contribution in [2.24, 2.45) is 0 Å². The molecule has 0 spiro atoms. The first-order valence-electron chi connectivity index (χ1n) is 1.85.